The van der Waals surface area contributed by atoms with Gasteiger partial charge in [0.25, 0.3) is 5.91 Å². The molecular weight excluding hydrogens is 297 g/mol. The second kappa shape index (κ2) is 6.00. The lowest BCUT2D eigenvalue weighted by Gasteiger charge is -2.17. The fourth-order valence-corrected chi connectivity index (χ4v) is 1.84. The van der Waals surface area contributed by atoms with E-state index in [9.17, 15) is 18.0 Å². The minimum Gasteiger partial charge on any atom is -0.382 e. The first-order valence-corrected chi connectivity index (χ1v) is 6.27. The van der Waals surface area contributed by atoms with Crippen LogP contribution in [0.2, 0.25) is 0 Å². The van der Waals surface area contributed by atoms with Gasteiger partial charge < -0.3 is 10.6 Å². The average molecular weight is 310 g/mol. The Morgan fingerprint density at radius 1 is 1.18 bits per heavy atom. The second-order valence-electron chi connectivity index (χ2n) is 4.65. The lowest BCUT2D eigenvalue weighted by molar-refractivity contribution is -0.137. The van der Waals surface area contributed by atoms with E-state index in [1.54, 1.807) is 0 Å². The molecule has 0 aliphatic heterocycles. The van der Waals surface area contributed by atoms with Gasteiger partial charge in [0, 0.05) is 26.0 Å². The summed E-state index contributed by atoms with van der Waals surface area (Å²) >= 11 is 0. The summed E-state index contributed by atoms with van der Waals surface area (Å²) in [5, 5.41) is 0. The number of carbonyl (C=O) groups is 1. The number of nitrogens with zero attached hydrogens (tertiary/aromatic N) is 3. The molecule has 0 aliphatic carbocycles. The van der Waals surface area contributed by atoms with Crippen LogP contribution in [0.3, 0.4) is 0 Å². The number of amides is 1. The molecular formula is C14H13F3N4O. The third kappa shape index (κ3) is 3.51. The molecule has 0 atom stereocenters. The maximum Gasteiger partial charge on any atom is 0.416 e. The van der Waals surface area contributed by atoms with E-state index in [0.717, 1.165) is 12.1 Å². The van der Waals surface area contributed by atoms with Gasteiger partial charge in [-0.25, -0.2) is 9.97 Å². The van der Waals surface area contributed by atoms with Crippen molar-refractivity contribution in [3.63, 3.8) is 0 Å². The van der Waals surface area contributed by atoms with Crippen LogP contribution < -0.4 is 5.73 Å². The topological polar surface area (TPSA) is 72.1 Å². The van der Waals surface area contributed by atoms with E-state index < -0.39 is 17.6 Å². The van der Waals surface area contributed by atoms with Crippen LogP contribution in [0.4, 0.5) is 19.0 Å². The summed E-state index contributed by atoms with van der Waals surface area (Å²) in [5.74, 6) is -0.447. The van der Waals surface area contributed by atoms with E-state index in [0.29, 0.717) is 5.56 Å². The van der Waals surface area contributed by atoms with Gasteiger partial charge in [0.1, 0.15) is 0 Å². The Hall–Kier alpha value is -2.64. The van der Waals surface area contributed by atoms with Crippen molar-refractivity contribution >= 4 is 11.7 Å². The van der Waals surface area contributed by atoms with Crippen molar-refractivity contribution in [3.8, 4) is 0 Å². The summed E-state index contributed by atoms with van der Waals surface area (Å²) in [6.07, 6.45) is -1.67. The predicted octanol–water partition coefficient (Wildman–Crippen LogP) is 2.35. The van der Waals surface area contributed by atoms with Crippen LogP contribution >= 0.6 is 0 Å². The monoisotopic (exact) mass is 310 g/mol. The van der Waals surface area contributed by atoms with Gasteiger partial charge in [-0.2, -0.15) is 13.2 Å². The van der Waals surface area contributed by atoms with Crippen LogP contribution in [0.25, 0.3) is 0 Å². The number of alkyl halides is 3. The van der Waals surface area contributed by atoms with E-state index in [-0.39, 0.29) is 18.1 Å². The average Bonchev–Trinajstić information content (AvgIpc) is 2.46. The summed E-state index contributed by atoms with van der Waals surface area (Å²) in [4.78, 5) is 21.1. The van der Waals surface area contributed by atoms with E-state index in [2.05, 4.69) is 9.97 Å². The van der Waals surface area contributed by atoms with Crippen molar-refractivity contribution in [1.82, 2.24) is 14.9 Å². The summed E-state index contributed by atoms with van der Waals surface area (Å²) in [5.41, 5.74) is 5.41. The fourth-order valence-electron chi connectivity index (χ4n) is 1.84. The Balaban J connectivity index is 2.10. The molecule has 1 aromatic heterocycles. The predicted molar refractivity (Wildman–Crippen MR) is 73.7 cm³/mol. The summed E-state index contributed by atoms with van der Waals surface area (Å²) in [7, 11) is 1.51. The second-order valence-corrected chi connectivity index (χ2v) is 4.65. The van der Waals surface area contributed by atoms with Crippen LogP contribution in [0.1, 0.15) is 21.6 Å². The molecule has 1 heterocycles. The first kappa shape index (κ1) is 15.7. The lowest BCUT2D eigenvalue weighted by atomic mass is 10.1. The van der Waals surface area contributed by atoms with Crippen molar-refractivity contribution in [2.75, 3.05) is 12.8 Å². The van der Waals surface area contributed by atoms with Gasteiger partial charge in [0.05, 0.1) is 5.56 Å². The minimum atomic E-state index is -4.38. The number of aromatic nitrogens is 2. The van der Waals surface area contributed by atoms with Gasteiger partial charge in [0.2, 0.25) is 0 Å². The van der Waals surface area contributed by atoms with E-state index in [4.69, 9.17) is 5.73 Å². The molecule has 0 unspecified atom stereocenters. The molecule has 1 amide bonds. The number of carbonyl (C=O) groups excluding carboxylic acids is 1. The molecule has 0 fully saturated rings. The smallest absolute Gasteiger partial charge is 0.382 e. The highest BCUT2D eigenvalue weighted by Gasteiger charge is 2.30. The molecule has 2 rings (SSSR count). The van der Waals surface area contributed by atoms with Gasteiger partial charge >= 0.3 is 6.18 Å². The molecule has 5 nitrogen and oxygen atoms in total. The molecule has 8 heteroatoms. The van der Waals surface area contributed by atoms with Gasteiger partial charge in [-0.15, -0.1) is 0 Å². The third-order valence-corrected chi connectivity index (χ3v) is 2.98. The van der Waals surface area contributed by atoms with Crippen LogP contribution in [0.15, 0.2) is 36.7 Å². The van der Waals surface area contributed by atoms with Crippen molar-refractivity contribution in [1.29, 1.82) is 0 Å². The zero-order valence-corrected chi connectivity index (χ0v) is 11.6. The molecule has 22 heavy (non-hydrogen) atoms. The Kier molecular flexibility index (Phi) is 4.30. The highest BCUT2D eigenvalue weighted by molar-refractivity contribution is 5.96. The number of nitrogen functional groups attached to an aromatic ring is 1. The van der Waals surface area contributed by atoms with Crippen molar-refractivity contribution < 1.29 is 18.0 Å². The maximum absolute atomic E-state index is 12.5. The molecule has 0 bridgehead atoms. The van der Waals surface area contributed by atoms with E-state index in [1.165, 1.54) is 36.5 Å². The molecule has 116 valence electrons. The normalized spacial score (nSPS) is 11.3. The number of hydrogen-bond donors (Lipinski definition) is 1. The van der Waals surface area contributed by atoms with Crippen LogP contribution in [-0.4, -0.2) is 27.8 Å². The summed E-state index contributed by atoms with van der Waals surface area (Å²) in [6, 6.07) is 4.61. The SMILES string of the molecule is CN(Cc1ccc(C(F)(F)F)cc1)C(=O)c1nccnc1N. The minimum absolute atomic E-state index is 0.00627. The number of hydrogen-bond acceptors (Lipinski definition) is 4. The molecule has 2 aromatic rings. The number of rotatable bonds is 3. The molecule has 2 N–H and O–H groups in total. The van der Waals surface area contributed by atoms with Crippen molar-refractivity contribution in [2.24, 2.45) is 0 Å². The van der Waals surface area contributed by atoms with Crippen LogP contribution in [-0.2, 0) is 12.7 Å². The number of nitrogens with two attached hydrogens (primary N) is 1. The molecule has 1 aromatic carbocycles. The van der Waals surface area contributed by atoms with Crippen molar-refractivity contribution in [2.45, 2.75) is 12.7 Å². The fraction of sp³-hybridized carbons (Fsp3) is 0.214. The molecule has 0 saturated heterocycles. The third-order valence-electron chi connectivity index (χ3n) is 2.98. The Labute approximate surface area is 124 Å². The molecule has 0 aliphatic rings. The standard InChI is InChI=1S/C14H13F3N4O/c1-21(13(22)11-12(18)20-7-6-19-11)8-9-2-4-10(5-3-9)14(15,16)17/h2-7H,8H2,1H3,(H2,18,20). The maximum atomic E-state index is 12.5. The highest BCUT2D eigenvalue weighted by Crippen LogP contribution is 2.29. The molecule has 0 saturated carbocycles. The number of benzene rings is 1. The van der Waals surface area contributed by atoms with Gasteiger partial charge in [-0.3, -0.25) is 4.79 Å². The lowest BCUT2D eigenvalue weighted by Crippen LogP contribution is -2.28. The quantitative estimate of drug-likeness (QED) is 0.944. The van der Waals surface area contributed by atoms with E-state index >= 15 is 0 Å². The van der Waals surface area contributed by atoms with Gasteiger partial charge in [-0.1, -0.05) is 12.1 Å². The summed E-state index contributed by atoms with van der Waals surface area (Å²) < 4.78 is 37.4. The first-order chi connectivity index (χ1) is 10.3. The summed E-state index contributed by atoms with van der Waals surface area (Å²) in [6.45, 7) is 0.132. The Morgan fingerprint density at radius 3 is 2.32 bits per heavy atom. The van der Waals surface area contributed by atoms with Gasteiger partial charge in [0.15, 0.2) is 11.5 Å². The molecule has 0 spiro atoms. The number of halogens is 3. The van der Waals surface area contributed by atoms with Crippen molar-refractivity contribution in [3.05, 3.63) is 53.5 Å². The highest BCUT2D eigenvalue weighted by atomic mass is 19.4. The largest absolute Gasteiger partial charge is 0.416 e. The van der Waals surface area contributed by atoms with Gasteiger partial charge in [-0.05, 0) is 17.7 Å². The first-order valence-electron chi connectivity index (χ1n) is 6.27. The van der Waals surface area contributed by atoms with E-state index in [1.807, 2.05) is 0 Å². The Bertz CT molecular complexity index is 671. The number of anilines is 1. The Morgan fingerprint density at radius 2 is 1.77 bits per heavy atom. The zero-order valence-electron chi connectivity index (χ0n) is 11.6. The van der Waals surface area contributed by atoms with Crippen LogP contribution in [0, 0.1) is 0 Å². The molecule has 0 radical (unpaired) electrons. The van der Waals surface area contributed by atoms with Crippen LogP contribution in [0.5, 0.6) is 0 Å². The zero-order chi connectivity index (χ0) is 16.3.